The van der Waals surface area contributed by atoms with Crippen LogP contribution >= 0.6 is 11.3 Å². The van der Waals surface area contributed by atoms with Gasteiger partial charge in [-0.1, -0.05) is 12.1 Å². The number of aliphatic imine (C=N–C) groups is 1. The molecule has 0 atom stereocenters. The first-order chi connectivity index (χ1) is 13.1. The molecule has 0 saturated carbocycles. The van der Waals surface area contributed by atoms with E-state index in [0.717, 1.165) is 27.3 Å². The van der Waals surface area contributed by atoms with E-state index in [-0.39, 0.29) is 5.95 Å². The fraction of sp³-hybridized carbons (Fsp3) is 0.286. The molecule has 1 aliphatic rings. The van der Waals surface area contributed by atoms with E-state index >= 15 is 0 Å². The Morgan fingerprint density at radius 1 is 1.19 bits per heavy atom. The SMILES string of the molecule is Cc1cc(-c2ccnc(N)n2)ccc1CN=C(N)c1cc2c(s1)CCCC2. The highest BCUT2D eigenvalue weighted by Crippen LogP contribution is 2.29. The van der Waals surface area contributed by atoms with Crippen molar-refractivity contribution in [3.8, 4) is 11.3 Å². The zero-order chi connectivity index (χ0) is 18.8. The summed E-state index contributed by atoms with van der Waals surface area (Å²) in [7, 11) is 0. The van der Waals surface area contributed by atoms with E-state index < -0.39 is 0 Å². The molecule has 138 valence electrons. The van der Waals surface area contributed by atoms with Crippen LogP contribution < -0.4 is 11.5 Å². The summed E-state index contributed by atoms with van der Waals surface area (Å²) in [6.07, 6.45) is 6.60. The molecular formula is C21H23N5S. The lowest BCUT2D eigenvalue weighted by Crippen LogP contribution is -2.12. The number of aromatic nitrogens is 2. The monoisotopic (exact) mass is 377 g/mol. The summed E-state index contributed by atoms with van der Waals surface area (Å²) in [5.74, 6) is 0.923. The number of rotatable bonds is 4. The van der Waals surface area contributed by atoms with Crippen molar-refractivity contribution in [2.24, 2.45) is 10.7 Å². The van der Waals surface area contributed by atoms with E-state index in [1.165, 1.54) is 36.1 Å². The molecule has 0 bridgehead atoms. The molecule has 4 N–H and O–H groups in total. The van der Waals surface area contributed by atoms with Crippen LogP contribution in [-0.4, -0.2) is 15.8 Å². The first-order valence-corrected chi connectivity index (χ1v) is 10.0. The van der Waals surface area contributed by atoms with Gasteiger partial charge >= 0.3 is 0 Å². The number of hydrogen-bond donors (Lipinski definition) is 2. The highest BCUT2D eigenvalue weighted by atomic mass is 32.1. The van der Waals surface area contributed by atoms with Gasteiger partial charge in [-0.3, -0.25) is 4.99 Å². The average molecular weight is 378 g/mol. The van der Waals surface area contributed by atoms with Gasteiger partial charge in [0.2, 0.25) is 5.95 Å². The predicted molar refractivity (Wildman–Crippen MR) is 112 cm³/mol. The smallest absolute Gasteiger partial charge is 0.220 e. The van der Waals surface area contributed by atoms with Crippen LogP contribution in [-0.2, 0) is 19.4 Å². The van der Waals surface area contributed by atoms with Crippen LogP contribution in [0.2, 0.25) is 0 Å². The van der Waals surface area contributed by atoms with Crippen molar-refractivity contribution in [3.63, 3.8) is 0 Å². The summed E-state index contributed by atoms with van der Waals surface area (Å²) in [6.45, 7) is 2.66. The standard InChI is InChI=1S/C21H23N5S/c1-13-10-14(17-8-9-24-21(23)26-17)6-7-16(13)12-25-20(22)19-11-15-4-2-3-5-18(15)27-19/h6-11H,2-5,12H2,1H3,(H2,22,25)(H2,23,24,26). The van der Waals surface area contributed by atoms with Gasteiger partial charge < -0.3 is 11.5 Å². The molecule has 4 rings (SSSR count). The quantitative estimate of drug-likeness (QED) is 0.533. The Kier molecular flexibility index (Phi) is 4.90. The van der Waals surface area contributed by atoms with Gasteiger partial charge in [-0.15, -0.1) is 11.3 Å². The Morgan fingerprint density at radius 2 is 2.04 bits per heavy atom. The first-order valence-electron chi connectivity index (χ1n) is 9.20. The Bertz CT molecular complexity index is 982. The van der Waals surface area contributed by atoms with Crippen molar-refractivity contribution in [2.45, 2.75) is 39.2 Å². The van der Waals surface area contributed by atoms with Crippen molar-refractivity contribution >= 4 is 23.1 Å². The van der Waals surface area contributed by atoms with Crippen molar-refractivity contribution in [2.75, 3.05) is 5.73 Å². The Balaban J connectivity index is 1.52. The van der Waals surface area contributed by atoms with Crippen molar-refractivity contribution in [1.29, 1.82) is 0 Å². The van der Waals surface area contributed by atoms with Crippen molar-refractivity contribution < 1.29 is 0 Å². The molecule has 3 aromatic rings. The molecule has 1 aromatic carbocycles. The third kappa shape index (κ3) is 3.85. The van der Waals surface area contributed by atoms with Gasteiger partial charge in [-0.2, -0.15) is 0 Å². The van der Waals surface area contributed by atoms with Gasteiger partial charge in [0, 0.05) is 16.6 Å². The van der Waals surface area contributed by atoms with Crippen LogP contribution in [0.4, 0.5) is 5.95 Å². The molecular weight excluding hydrogens is 354 g/mol. The molecule has 0 saturated heterocycles. The van der Waals surface area contributed by atoms with Gasteiger partial charge in [-0.25, -0.2) is 9.97 Å². The summed E-state index contributed by atoms with van der Waals surface area (Å²) < 4.78 is 0. The number of benzene rings is 1. The number of aryl methyl sites for hydroxylation is 3. The third-order valence-electron chi connectivity index (χ3n) is 4.98. The lowest BCUT2D eigenvalue weighted by Gasteiger charge is -2.08. The lowest BCUT2D eigenvalue weighted by atomic mass is 9.99. The number of thiophene rings is 1. The zero-order valence-corrected chi connectivity index (χ0v) is 16.2. The number of nitrogens with two attached hydrogens (primary N) is 2. The molecule has 2 heterocycles. The lowest BCUT2D eigenvalue weighted by molar-refractivity contribution is 0.697. The maximum absolute atomic E-state index is 6.27. The Morgan fingerprint density at radius 3 is 2.81 bits per heavy atom. The van der Waals surface area contributed by atoms with E-state index in [2.05, 4.69) is 40.1 Å². The van der Waals surface area contributed by atoms with Gasteiger partial charge in [-0.05, 0) is 67.5 Å². The largest absolute Gasteiger partial charge is 0.383 e. The normalized spacial score (nSPS) is 14.2. The number of fused-ring (bicyclic) bond motifs is 1. The van der Waals surface area contributed by atoms with Crippen molar-refractivity contribution in [3.05, 3.63) is 63.0 Å². The van der Waals surface area contributed by atoms with Crippen LogP contribution in [0.15, 0.2) is 41.5 Å². The first kappa shape index (κ1) is 17.7. The zero-order valence-electron chi connectivity index (χ0n) is 15.4. The molecule has 0 spiro atoms. The van der Waals surface area contributed by atoms with E-state index in [1.807, 2.05) is 12.1 Å². The van der Waals surface area contributed by atoms with Crippen molar-refractivity contribution in [1.82, 2.24) is 9.97 Å². The van der Waals surface area contributed by atoms with E-state index in [4.69, 9.17) is 11.5 Å². The Labute approximate surface area is 163 Å². The third-order valence-corrected chi connectivity index (χ3v) is 6.24. The number of amidine groups is 1. The van der Waals surface area contributed by atoms with Gasteiger partial charge in [0.15, 0.2) is 0 Å². The molecule has 2 aromatic heterocycles. The second-order valence-electron chi connectivity index (χ2n) is 6.91. The second-order valence-corrected chi connectivity index (χ2v) is 8.05. The van der Waals surface area contributed by atoms with E-state index in [9.17, 15) is 0 Å². The predicted octanol–water partition coefficient (Wildman–Crippen LogP) is 3.88. The highest BCUT2D eigenvalue weighted by molar-refractivity contribution is 7.14. The topological polar surface area (TPSA) is 90.2 Å². The van der Waals surface area contributed by atoms with Gasteiger partial charge in [0.1, 0.15) is 5.84 Å². The summed E-state index contributed by atoms with van der Waals surface area (Å²) in [4.78, 5) is 15.5. The van der Waals surface area contributed by atoms with E-state index in [0.29, 0.717) is 12.4 Å². The minimum atomic E-state index is 0.283. The molecule has 0 fully saturated rings. The minimum absolute atomic E-state index is 0.283. The highest BCUT2D eigenvalue weighted by Gasteiger charge is 2.15. The van der Waals surface area contributed by atoms with Crippen LogP contribution in [0, 0.1) is 6.92 Å². The summed E-state index contributed by atoms with van der Waals surface area (Å²) >= 11 is 1.80. The molecule has 5 nitrogen and oxygen atoms in total. The molecule has 0 unspecified atom stereocenters. The van der Waals surface area contributed by atoms with Crippen LogP contribution in [0.25, 0.3) is 11.3 Å². The maximum atomic E-state index is 6.27. The molecule has 6 heteroatoms. The van der Waals surface area contributed by atoms with Crippen LogP contribution in [0.1, 0.15) is 39.3 Å². The number of hydrogen-bond acceptors (Lipinski definition) is 5. The number of nitrogens with zero attached hydrogens (tertiary/aromatic N) is 3. The van der Waals surface area contributed by atoms with Gasteiger partial charge in [0.25, 0.3) is 0 Å². The summed E-state index contributed by atoms with van der Waals surface area (Å²) in [5, 5.41) is 0. The average Bonchev–Trinajstić information content (AvgIpc) is 3.11. The molecule has 27 heavy (non-hydrogen) atoms. The summed E-state index contributed by atoms with van der Waals surface area (Å²) in [6, 6.07) is 10.3. The molecule has 1 aliphatic carbocycles. The molecule has 0 aliphatic heterocycles. The summed E-state index contributed by atoms with van der Waals surface area (Å²) in [5.41, 5.74) is 17.6. The van der Waals surface area contributed by atoms with Gasteiger partial charge in [0.05, 0.1) is 17.1 Å². The Hall–Kier alpha value is -2.73. The fourth-order valence-corrected chi connectivity index (χ4v) is 4.61. The molecule has 0 amide bonds. The number of nitrogen functional groups attached to an aromatic ring is 1. The maximum Gasteiger partial charge on any atom is 0.220 e. The van der Waals surface area contributed by atoms with E-state index in [1.54, 1.807) is 17.5 Å². The second kappa shape index (κ2) is 7.48. The number of anilines is 1. The van der Waals surface area contributed by atoms with Crippen LogP contribution in [0.3, 0.4) is 0 Å². The minimum Gasteiger partial charge on any atom is -0.383 e. The molecule has 0 radical (unpaired) electrons. The van der Waals surface area contributed by atoms with Crippen LogP contribution in [0.5, 0.6) is 0 Å². The fourth-order valence-electron chi connectivity index (χ4n) is 3.43.